The molecule has 0 bridgehead atoms. The molecular formula is C15H17NO3S. The molecule has 0 spiro atoms. The number of benzene rings is 1. The van der Waals surface area contributed by atoms with Gasteiger partial charge >= 0.3 is 5.97 Å². The smallest absolute Gasteiger partial charge is 0.338 e. The summed E-state index contributed by atoms with van der Waals surface area (Å²) in [4.78, 5) is 25.2. The fraction of sp³-hybridized carbons (Fsp3) is 0.333. The van der Waals surface area contributed by atoms with Gasteiger partial charge in [-0.15, -0.1) is 11.8 Å². The molecule has 0 aromatic heterocycles. The molecule has 1 aliphatic rings. The second kappa shape index (κ2) is 7.14. The van der Waals surface area contributed by atoms with Crippen LogP contribution in [0.4, 0.5) is 0 Å². The first-order valence-electron chi connectivity index (χ1n) is 6.54. The normalized spacial score (nSPS) is 14.4. The Bertz CT molecular complexity index is 528. The number of rotatable bonds is 5. The molecule has 2 rings (SSSR count). The summed E-state index contributed by atoms with van der Waals surface area (Å²) in [6.07, 6.45) is 2.58. The van der Waals surface area contributed by atoms with Gasteiger partial charge in [-0.25, -0.2) is 4.79 Å². The first-order chi connectivity index (χ1) is 9.70. The van der Waals surface area contributed by atoms with Crippen molar-refractivity contribution < 1.29 is 14.3 Å². The minimum absolute atomic E-state index is 0.0801. The van der Waals surface area contributed by atoms with Gasteiger partial charge < -0.3 is 9.64 Å². The second-order valence-electron chi connectivity index (χ2n) is 4.45. The van der Waals surface area contributed by atoms with Crippen molar-refractivity contribution in [2.45, 2.75) is 19.9 Å². The summed E-state index contributed by atoms with van der Waals surface area (Å²) in [5.74, 6) is 0.232. The van der Waals surface area contributed by atoms with Gasteiger partial charge in [-0.2, -0.15) is 0 Å². The first kappa shape index (κ1) is 14.7. The van der Waals surface area contributed by atoms with E-state index >= 15 is 0 Å². The molecule has 0 saturated heterocycles. The van der Waals surface area contributed by atoms with Gasteiger partial charge in [-0.05, 0) is 29.5 Å². The highest BCUT2D eigenvalue weighted by atomic mass is 32.2. The zero-order valence-corrected chi connectivity index (χ0v) is 12.2. The molecule has 0 N–H and O–H groups in total. The Labute approximate surface area is 122 Å². The summed E-state index contributed by atoms with van der Waals surface area (Å²) < 4.78 is 5.11. The van der Waals surface area contributed by atoms with Crippen LogP contribution in [-0.4, -0.2) is 29.1 Å². The predicted octanol–water partition coefficient (Wildman–Crippen LogP) is 2.80. The van der Waals surface area contributed by atoms with Crippen LogP contribution >= 0.6 is 11.8 Å². The molecule has 1 aliphatic heterocycles. The van der Waals surface area contributed by atoms with Gasteiger partial charge in [-0.1, -0.05) is 19.1 Å². The van der Waals surface area contributed by atoms with E-state index in [4.69, 9.17) is 4.74 Å². The maximum absolute atomic E-state index is 11.8. The minimum atomic E-state index is -0.315. The van der Waals surface area contributed by atoms with E-state index in [0.717, 1.165) is 12.0 Å². The molecule has 5 heteroatoms. The van der Waals surface area contributed by atoms with Crippen molar-refractivity contribution in [2.75, 3.05) is 12.4 Å². The lowest BCUT2D eigenvalue weighted by atomic mass is 10.1. The van der Waals surface area contributed by atoms with Crippen molar-refractivity contribution in [2.24, 2.45) is 0 Å². The third-order valence-corrected chi connectivity index (χ3v) is 3.54. The van der Waals surface area contributed by atoms with Crippen molar-refractivity contribution in [3.8, 4) is 0 Å². The van der Waals surface area contributed by atoms with Crippen LogP contribution in [0.2, 0.25) is 0 Å². The highest BCUT2D eigenvalue weighted by Gasteiger charge is 2.15. The van der Waals surface area contributed by atoms with Crippen LogP contribution in [0.15, 0.2) is 35.9 Å². The lowest BCUT2D eigenvalue weighted by Gasteiger charge is -2.21. The van der Waals surface area contributed by atoms with E-state index in [1.54, 1.807) is 23.2 Å². The Morgan fingerprint density at radius 3 is 3.05 bits per heavy atom. The van der Waals surface area contributed by atoms with Gasteiger partial charge in [-0.3, -0.25) is 4.79 Å². The molecule has 0 unspecified atom stereocenters. The highest BCUT2D eigenvalue weighted by molar-refractivity contribution is 8.02. The quantitative estimate of drug-likeness (QED) is 0.783. The number of amides is 1. The van der Waals surface area contributed by atoms with Crippen LogP contribution in [0, 0.1) is 0 Å². The molecule has 0 radical (unpaired) electrons. The Balaban J connectivity index is 2.05. The van der Waals surface area contributed by atoms with Crippen LogP contribution in [0.3, 0.4) is 0 Å². The van der Waals surface area contributed by atoms with E-state index < -0.39 is 0 Å². The van der Waals surface area contributed by atoms with Gasteiger partial charge in [0.05, 0.1) is 24.5 Å². The monoisotopic (exact) mass is 291 g/mol. The van der Waals surface area contributed by atoms with Crippen molar-refractivity contribution >= 4 is 23.6 Å². The summed E-state index contributed by atoms with van der Waals surface area (Å²) in [6.45, 7) is 2.86. The zero-order chi connectivity index (χ0) is 14.4. The van der Waals surface area contributed by atoms with E-state index in [2.05, 4.69) is 0 Å². The van der Waals surface area contributed by atoms with E-state index in [1.807, 2.05) is 24.5 Å². The van der Waals surface area contributed by atoms with Crippen LogP contribution in [-0.2, 0) is 16.1 Å². The van der Waals surface area contributed by atoms with Gasteiger partial charge in [0.2, 0.25) is 5.91 Å². The third-order valence-electron chi connectivity index (χ3n) is 2.82. The number of esters is 1. The molecule has 4 nitrogen and oxygen atoms in total. The molecule has 1 heterocycles. The Kier molecular flexibility index (Phi) is 5.24. The topological polar surface area (TPSA) is 46.6 Å². The van der Waals surface area contributed by atoms with Crippen LogP contribution in [0.1, 0.15) is 29.3 Å². The summed E-state index contributed by atoms with van der Waals surface area (Å²) in [7, 11) is 0. The number of carbonyl (C=O) groups is 2. The second-order valence-corrected chi connectivity index (χ2v) is 5.35. The number of hydrogen-bond donors (Lipinski definition) is 0. The average molecular weight is 291 g/mol. The molecule has 1 amide bonds. The van der Waals surface area contributed by atoms with Crippen molar-refractivity contribution in [3.63, 3.8) is 0 Å². The van der Waals surface area contributed by atoms with E-state index in [1.165, 1.54) is 11.8 Å². The Morgan fingerprint density at radius 2 is 2.30 bits per heavy atom. The van der Waals surface area contributed by atoms with Gasteiger partial charge in [0, 0.05) is 6.20 Å². The van der Waals surface area contributed by atoms with Crippen LogP contribution in [0.25, 0.3) is 0 Å². The predicted molar refractivity (Wildman–Crippen MR) is 79.2 cm³/mol. The minimum Gasteiger partial charge on any atom is -0.462 e. The van der Waals surface area contributed by atoms with Gasteiger partial charge in [0.1, 0.15) is 0 Å². The summed E-state index contributed by atoms with van der Waals surface area (Å²) in [5.41, 5.74) is 1.44. The zero-order valence-electron chi connectivity index (χ0n) is 11.4. The standard InChI is InChI=1S/C15H17NO3S/c1-2-7-19-15(18)13-5-3-4-12(9-13)10-16-6-8-20-11-14(16)17/h3-6,8-9H,2,7,10-11H2,1H3. The molecule has 0 aliphatic carbocycles. The molecule has 0 atom stereocenters. The molecule has 106 valence electrons. The summed E-state index contributed by atoms with van der Waals surface area (Å²) in [6, 6.07) is 7.22. The van der Waals surface area contributed by atoms with Crippen molar-refractivity contribution in [1.82, 2.24) is 4.90 Å². The lowest BCUT2D eigenvalue weighted by molar-refractivity contribution is -0.126. The first-order valence-corrected chi connectivity index (χ1v) is 7.59. The molecule has 1 aromatic rings. The number of nitrogens with zero attached hydrogens (tertiary/aromatic N) is 1. The van der Waals surface area contributed by atoms with E-state index in [0.29, 0.717) is 24.5 Å². The third kappa shape index (κ3) is 3.87. The summed E-state index contributed by atoms with van der Waals surface area (Å²) in [5, 5.41) is 1.90. The Hall–Kier alpha value is -1.75. The fourth-order valence-electron chi connectivity index (χ4n) is 1.81. The van der Waals surface area contributed by atoms with Crippen molar-refractivity contribution in [3.05, 3.63) is 47.0 Å². The number of carbonyl (C=O) groups excluding carboxylic acids is 2. The molecule has 20 heavy (non-hydrogen) atoms. The Morgan fingerprint density at radius 1 is 1.45 bits per heavy atom. The van der Waals surface area contributed by atoms with E-state index in [9.17, 15) is 9.59 Å². The summed E-state index contributed by atoms with van der Waals surface area (Å²) >= 11 is 1.49. The molecule has 0 saturated carbocycles. The molecule has 1 aromatic carbocycles. The maximum Gasteiger partial charge on any atom is 0.338 e. The maximum atomic E-state index is 11.8. The SMILES string of the molecule is CCCOC(=O)c1cccc(CN2C=CSCC2=O)c1. The van der Waals surface area contributed by atoms with Crippen LogP contribution in [0.5, 0.6) is 0 Å². The number of hydrogen-bond acceptors (Lipinski definition) is 4. The fourth-order valence-corrected chi connectivity index (χ4v) is 2.45. The van der Waals surface area contributed by atoms with E-state index in [-0.39, 0.29) is 11.9 Å². The van der Waals surface area contributed by atoms with Gasteiger partial charge in [0.15, 0.2) is 0 Å². The lowest BCUT2D eigenvalue weighted by Crippen LogP contribution is -2.28. The highest BCUT2D eigenvalue weighted by Crippen LogP contribution is 2.16. The van der Waals surface area contributed by atoms with Crippen LogP contribution < -0.4 is 0 Å². The molecule has 0 fully saturated rings. The number of ether oxygens (including phenoxy) is 1. The average Bonchev–Trinajstić information content (AvgIpc) is 2.47. The van der Waals surface area contributed by atoms with Gasteiger partial charge in [0.25, 0.3) is 0 Å². The number of thioether (sulfide) groups is 1. The molecular weight excluding hydrogens is 274 g/mol. The largest absolute Gasteiger partial charge is 0.462 e. The van der Waals surface area contributed by atoms with Crippen molar-refractivity contribution in [1.29, 1.82) is 0 Å².